The number of rotatable bonds is 2. The summed E-state index contributed by atoms with van der Waals surface area (Å²) >= 11 is 0. The van der Waals surface area contributed by atoms with Crippen LogP contribution in [0.25, 0.3) is 0 Å². The van der Waals surface area contributed by atoms with Crippen LogP contribution >= 0.6 is 0 Å². The Morgan fingerprint density at radius 2 is 2.00 bits per heavy atom. The Kier molecular flexibility index (Phi) is 3.14. The molecule has 0 bridgehead atoms. The molecule has 4 heteroatoms. The first-order valence-electron chi connectivity index (χ1n) is 5.95. The zero-order valence-corrected chi connectivity index (χ0v) is 9.17. The van der Waals surface area contributed by atoms with Crippen molar-refractivity contribution in [3.05, 3.63) is 0 Å². The number of amides is 2. The third-order valence-electron chi connectivity index (χ3n) is 3.73. The van der Waals surface area contributed by atoms with Crippen molar-refractivity contribution >= 4 is 6.03 Å². The van der Waals surface area contributed by atoms with E-state index in [1.807, 2.05) is 4.90 Å². The van der Waals surface area contributed by atoms with Gasteiger partial charge in [-0.3, -0.25) is 0 Å². The second kappa shape index (κ2) is 4.39. The topological polar surface area (TPSA) is 52.6 Å². The van der Waals surface area contributed by atoms with Gasteiger partial charge < -0.3 is 15.3 Å². The van der Waals surface area contributed by atoms with Crippen molar-refractivity contribution < 1.29 is 9.90 Å². The molecule has 0 unspecified atom stereocenters. The largest absolute Gasteiger partial charge is 0.394 e. The monoisotopic (exact) mass is 212 g/mol. The smallest absolute Gasteiger partial charge is 0.317 e. The van der Waals surface area contributed by atoms with Gasteiger partial charge in [0.1, 0.15) is 0 Å². The maximum absolute atomic E-state index is 11.8. The lowest BCUT2D eigenvalue weighted by atomic mass is 9.80. The summed E-state index contributed by atoms with van der Waals surface area (Å²) in [7, 11) is 0. The molecule has 1 aliphatic heterocycles. The second-order valence-electron chi connectivity index (χ2n) is 4.68. The van der Waals surface area contributed by atoms with Crippen molar-refractivity contribution in [3.63, 3.8) is 0 Å². The Balaban J connectivity index is 2.12. The fourth-order valence-corrected chi connectivity index (χ4v) is 2.81. The molecule has 0 aromatic rings. The molecule has 4 nitrogen and oxygen atoms in total. The number of carbonyl (C=O) groups excluding carboxylic acids is 1. The molecule has 2 aliphatic rings. The fourth-order valence-electron chi connectivity index (χ4n) is 2.81. The van der Waals surface area contributed by atoms with Gasteiger partial charge in [-0.1, -0.05) is 19.3 Å². The molecule has 2 fully saturated rings. The minimum Gasteiger partial charge on any atom is -0.394 e. The summed E-state index contributed by atoms with van der Waals surface area (Å²) in [5, 5.41) is 12.5. The minimum atomic E-state index is -0.261. The van der Waals surface area contributed by atoms with E-state index < -0.39 is 0 Å². The summed E-state index contributed by atoms with van der Waals surface area (Å²) in [6.07, 6.45) is 6.40. The van der Waals surface area contributed by atoms with Crippen molar-refractivity contribution in [1.29, 1.82) is 0 Å². The van der Waals surface area contributed by atoms with E-state index in [1.165, 1.54) is 6.42 Å². The third-order valence-corrected chi connectivity index (χ3v) is 3.73. The first-order chi connectivity index (χ1) is 7.28. The molecule has 0 atom stereocenters. The van der Waals surface area contributed by atoms with Crippen molar-refractivity contribution in [2.24, 2.45) is 0 Å². The standard InChI is InChI=1S/C11H20N2O2/c14-9-11(5-2-1-3-6-11)13-8-4-7-12-10(13)15/h14H,1-9H2,(H,12,15). The summed E-state index contributed by atoms with van der Waals surface area (Å²) in [6, 6.07) is 0.0113. The highest BCUT2D eigenvalue weighted by Crippen LogP contribution is 2.34. The molecule has 0 radical (unpaired) electrons. The number of urea groups is 1. The van der Waals surface area contributed by atoms with Gasteiger partial charge in [-0.2, -0.15) is 0 Å². The SMILES string of the molecule is O=C1NCCCN1C1(CO)CCCCC1. The average Bonchev–Trinajstić information content (AvgIpc) is 2.30. The molecule has 86 valence electrons. The maximum atomic E-state index is 11.8. The van der Waals surface area contributed by atoms with E-state index >= 15 is 0 Å². The molecule has 1 heterocycles. The predicted molar refractivity (Wildman–Crippen MR) is 57.6 cm³/mol. The summed E-state index contributed by atoms with van der Waals surface area (Å²) in [5.74, 6) is 0. The zero-order chi connectivity index (χ0) is 10.7. The molecule has 1 saturated heterocycles. The van der Waals surface area contributed by atoms with Gasteiger partial charge >= 0.3 is 6.03 Å². The summed E-state index contributed by atoms with van der Waals surface area (Å²) in [4.78, 5) is 13.6. The van der Waals surface area contributed by atoms with E-state index in [-0.39, 0.29) is 18.2 Å². The van der Waals surface area contributed by atoms with Gasteiger partial charge in [0.2, 0.25) is 0 Å². The maximum Gasteiger partial charge on any atom is 0.317 e. The van der Waals surface area contributed by atoms with E-state index in [4.69, 9.17) is 0 Å². The zero-order valence-electron chi connectivity index (χ0n) is 9.17. The highest BCUT2D eigenvalue weighted by Gasteiger charge is 2.40. The Morgan fingerprint density at radius 3 is 2.60 bits per heavy atom. The number of nitrogens with zero attached hydrogens (tertiary/aromatic N) is 1. The lowest BCUT2D eigenvalue weighted by Crippen LogP contribution is -2.61. The van der Waals surface area contributed by atoms with Crippen LogP contribution in [0.3, 0.4) is 0 Å². The molecule has 2 amide bonds. The number of hydrogen-bond acceptors (Lipinski definition) is 2. The molecular formula is C11H20N2O2. The number of aliphatic hydroxyl groups is 1. The number of carbonyl (C=O) groups is 1. The average molecular weight is 212 g/mol. The van der Waals surface area contributed by atoms with Crippen LogP contribution in [-0.4, -0.2) is 41.3 Å². The van der Waals surface area contributed by atoms with Crippen LogP contribution in [0.5, 0.6) is 0 Å². The molecule has 1 saturated carbocycles. The fraction of sp³-hybridized carbons (Fsp3) is 0.909. The molecule has 0 spiro atoms. The van der Waals surface area contributed by atoms with Gasteiger partial charge in [0, 0.05) is 13.1 Å². The highest BCUT2D eigenvalue weighted by atomic mass is 16.3. The van der Waals surface area contributed by atoms with E-state index in [0.717, 1.165) is 45.2 Å². The Bertz CT molecular complexity index is 237. The van der Waals surface area contributed by atoms with Gasteiger partial charge in [-0.15, -0.1) is 0 Å². The van der Waals surface area contributed by atoms with Crippen molar-refractivity contribution in [3.8, 4) is 0 Å². The van der Waals surface area contributed by atoms with Crippen LogP contribution in [0.2, 0.25) is 0 Å². The number of hydrogen-bond donors (Lipinski definition) is 2. The van der Waals surface area contributed by atoms with E-state index in [2.05, 4.69) is 5.32 Å². The number of nitrogens with one attached hydrogen (secondary N) is 1. The van der Waals surface area contributed by atoms with Gasteiger partial charge in [0.15, 0.2) is 0 Å². The van der Waals surface area contributed by atoms with Crippen LogP contribution in [0.4, 0.5) is 4.79 Å². The number of aliphatic hydroxyl groups excluding tert-OH is 1. The van der Waals surface area contributed by atoms with E-state index in [9.17, 15) is 9.90 Å². The molecule has 1 aliphatic carbocycles. The Hall–Kier alpha value is -0.770. The van der Waals surface area contributed by atoms with E-state index in [0.29, 0.717) is 0 Å². The lowest BCUT2D eigenvalue weighted by molar-refractivity contribution is 0.0200. The van der Waals surface area contributed by atoms with Crippen LogP contribution in [0.1, 0.15) is 38.5 Å². The molecule has 0 aromatic heterocycles. The van der Waals surface area contributed by atoms with Crippen molar-refractivity contribution in [2.75, 3.05) is 19.7 Å². The summed E-state index contributed by atoms with van der Waals surface area (Å²) in [6.45, 7) is 1.68. The first kappa shape index (κ1) is 10.7. The van der Waals surface area contributed by atoms with Crippen molar-refractivity contribution in [1.82, 2.24) is 10.2 Å². The molecule has 15 heavy (non-hydrogen) atoms. The molecular weight excluding hydrogens is 192 g/mol. The van der Waals surface area contributed by atoms with Gasteiger partial charge in [0.05, 0.1) is 12.1 Å². The molecule has 2 N–H and O–H groups in total. The minimum absolute atomic E-state index is 0.0113. The third kappa shape index (κ3) is 1.95. The van der Waals surface area contributed by atoms with Crippen LogP contribution in [-0.2, 0) is 0 Å². The summed E-state index contributed by atoms with van der Waals surface area (Å²) < 4.78 is 0. The van der Waals surface area contributed by atoms with Crippen LogP contribution in [0, 0.1) is 0 Å². The molecule has 0 aromatic carbocycles. The predicted octanol–water partition coefficient (Wildman–Crippen LogP) is 1.10. The highest BCUT2D eigenvalue weighted by molar-refractivity contribution is 5.75. The second-order valence-corrected chi connectivity index (χ2v) is 4.68. The van der Waals surface area contributed by atoms with Crippen LogP contribution in [0.15, 0.2) is 0 Å². The quantitative estimate of drug-likeness (QED) is 0.720. The lowest BCUT2D eigenvalue weighted by Gasteiger charge is -2.46. The van der Waals surface area contributed by atoms with Crippen molar-refractivity contribution in [2.45, 2.75) is 44.1 Å². The van der Waals surface area contributed by atoms with Gasteiger partial charge in [-0.05, 0) is 19.3 Å². The van der Waals surface area contributed by atoms with E-state index in [1.54, 1.807) is 0 Å². The first-order valence-corrected chi connectivity index (χ1v) is 5.95. The van der Waals surface area contributed by atoms with Crippen LogP contribution < -0.4 is 5.32 Å². The normalized spacial score (nSPS) is 26.2. The summed E-state index contributed by atoms with van der Waals surface area (Å²) in [5.41, 5.74) is -0.261. The molecule has 2 rings (SSSR count). The van der Waals surface area contributed by atoms with Gasteiger partial charge in [0.25, 0.3) is 0 Å². The Morgan fingerprint density at radius 1 is 1.27 bits per heavy atom. The van der Waals surface area contributed by atoms with Gasteiger partial charge in [-0.25, -0.2) is 4.79 Å². The Labute approximate surface area is 90.6 Å².